The number of anilines is 1. The van der Waals surface area contributed by atoms with E-state index in [1.807, 2.05) is 22.8 Å². The molecule has 0 spiro atoms. The average Bonchev–Trinajstić information content (AvgIpc) is 3.26. The molecule has 3 rings (SSSR count). The smallest absolute Gasteiger partial charge is 0.230 e. The number of nitrogens with one attached hydrogen (secondary N) is 1. The molecule has 116 valence electrons. The van der Waals surface area contributed by atoms with Gasteiger partial charge in [0.05, 0.1) is 5.75 Å². The van der Waals surface area contributed by atoms with E-state index in [2.05, 4.69) is 15.5 Å². The molecule has 1 aliphatic rings. The van der Waals surface area contributed by atoms with Crippen LogP contribution in [0.2, 0.25) is 5.02 Å². The van der Waals surface area contributed by atoms with Crippen molar-refractivity contribution < 1.29 is 4.79 Å². The van der Waals surface area contributed by atoms with Gasteiger partial charge in [-0.3, -0.25) is 9.36 Å². The number of amides is 1. The average molecular weight is 338 g/mol. The molecule has 1 fully saturated rings. The lowest BCUT2D eigenvalue weighted by atomic mass is 10.2. The molecular weight excluding hydrogens is 322 g/mol. The normalized spacial score (nSPS) is 14.0. The highest BCUT2D eigenvalue weighted by atomic mass is 35.5. The minimum atomic E-state index is -0.0612. The van der Waals surface area contributed by atoms with Gasteiger partial charge in [-0.25, -0.2) is 0 Å². The molecule has 2 aromatic rings. The third kappa shape index (κ3) is 3.72. The lowest BCUT2D eigenvalue weighted by Gasteiger charge is -2.07. The van der Waals surface area contributed by atoms with Crippen LogP contribution < -0.4 is 11.1 Å². The second-order valence-corrected chi connectivity index (χ2v) is 6.52. The second kappa shape index (κ2) is 6.58. The third-order valence-electron chi connectivity index (χ3n) is 3.31. The summed E-state index contributed by atoms with van der Waals surface area (Å²) in [7, 11) is 0. The summed E-state index contributed by atoms with van der Waals surface area (Å²) in [5.74, 6) is 0.643. The zero-order chi connectivity index (χ0) is 15.5. The molecule has 6 nitrogen and oxygen atoms in total. The van der Waals surface area contributed by atoms with Gasteiger partial charge in [-0.15, -0.1) is 10.2 Å². The number of hydrogen-bond donors (Lipinski definition) is 2. The van der Waals surface area contributed by atoms with Crippen molar-refractivity contribution >= 4 is 35.2 Å². The molecule has 0 bridgehead atoms. The summed E-state index contributed by atoms with van der Waals surface area (Å²) in [4.78, 5) is 11.9. The number of hydrogen-bond acceptors (Lipinski definition) is 5. The summed E-state index contributed by atoms with van der Waals surface area (Å²) in [6.07, 6.45) is 2.19. The molecule has 1 saturated carbocycles. The van der Waals surface area contributed by atoms with Crippen molar-refractivity contribution in [2.24, 2.45) is 0 Å². The molecular formula is C14H16ClN5OS. The predicted octanol–water partition coefficient (Wildman–Crippen LogP) is 2.26. The van der Waals surface area contributed by atoms with Crippen LogP contribution in [-0.2, 0) is 11.3 Å². The van der Waals surface area contributed by atoms with E-state index in [0.717, 1.165) is 18.4 Å². The van der Waals surface area contributed by atoms with E-state index in [9.17, 15) is 4.79 Å². The van der Waals surface area contributed by atoms with Gasteiger partial charge in [-0.2, -0.15) is 0 Å². The van der Waals surface area contributed by atoms with E-state index in [-0.39, 0.29) is 11.7 Å². The standard InChI is InChI=1S/C14H16ClN5OS/c15-10-3-1-2-9(6-10)7-17-12(21)8-22-14-19-18-13(16)20(14)11-4-5-11/h1-3,6,11H,4-5,7-8H2,(H2,16,18)(H,17,21). The first kappa shape index (κ1) is 15.2. The summed E-state index contributed by atoms with van der Waals surface area (Å²) in [5.41, 5.74) is 6.77. The number of rotatable bonds is 6. The van der Waals surface area contributed by atoms with Gasteiger partial charge in [0, 0.05) is 17.6 Å². The highest BCUT2D eigenvalue weighted by Crippen LogP contribution is 2.39. The minimum Gasteiger partial charge on any atom is -0.368 e. The molecule has 22 heavy (non-hydrogen) atoms. The van der Waals surface area contributed by atoms with Crippen molar-refractivity contribution in [2.75, 3.05) is 11.5 Å². The molecule has 1 aromatic carbocycles. The quantitative estimate of drug-likeness (QED) is 0.790. The van der Waals surface area contributed by atoms with E-state index >= 15 is 0 Å². The molecule has 0 aliphatic heterocycles. The molecule has 0 saturated heterocycles. The Morgan fingerprint density at radius 2 is 2.27 bits per heavy atom. The number of halogens is 1. The Labute approximate surface area is 137 Å². The molecule has 1 aliphatic carbocycles. The van der Waals surface area contributed by atoms with E-state index in [1.165, 1.54) is 11.8 Å². The lowest BCUT2D eigenvalue weighted by molar-refractivity contribution is -0.118. The maximum atomic E-state index is 11.9. The van der Waals surface area contributed by atoms with Gasteiger partial charge in [0.2, 0.25) is 11.9 Å². The van der Waals surface area contributed by atoms with Gasteiger partial charge in [0.25, 0.3) is 0 Å². The molecule has 0 radical (unpaired) electrons. The topological polar surface area (TPSA) is 85.8 Å². The Hall–Kier alpha value is -1.73. The number of aromatic nitrogens is 3. The van der Waals surface area contributed by atoms with Crippen molar-refractivity contribution in [1.29, 1.82) is 0 Å². The molecule has 1 amide bonds. The minimum absolute atomic E-state index is 0.0612. The van der Waals surface area contributed by atoms with Crippen LogP contribution in [0.5, 0.6) is 0 Å². The molecule has 8 heteroatoms. The van der Waals surface area contributed by atoms with Gasteiger partial charge in [-0.05, 0) is 30.5 Å². The van der Waals surface area contributed by atoms with Gasteiger partial charge in [-0.1, -0.05) is 35.5 Å². The Morgan fingerprint density at radius 1 is 1.45 bits per heavy atom. The number of benzene rings is 1. The number of carbonyl (C=O) groups excluding carboxylic acids is 1. The summed E-state index contributed by atoms with van der Waals surface area (Å²) in [6.45, 7) is 0.456. The summed E-state index contributed by atoms with van der Waals surface area (Å²) in [5, 5.41) is 12.1. The fraction of sp³-hybridized carbons (Fsp3) is 0.357. The highest BCUT2D eigenvalue weighted by Gasteiger charge is 2.29. The predicted molar refractivity (Wildman–Crippen MR) is 86.7 cm³/mol. The van der Waals surface area contributed by atoms with E-state index in [4.69, 9.17) is 17.3 Å². The summed E-state index contributed by atoms with van der Waals surface area (Å²) < 4.78 is 1.91. The van der Waals surface area contributed by atoms with Crippen molar-refractivity contribution in [2.45, 2.75) is 30.6 Å². The monoisotopic (exact) mass is 337 g/mol. The maximum Gasteiger partial charge on any atom is 0.230 e. The highest BCUT2D eigenvalue weighted by molar-refractivity contribution is 7.99. The largest absolute Gasteiger partial charge is 0.368 e. The van der Waals surface area contributed by atoms with Gasteiger partial charge in [0.15, 0.2) is 5.16 Å². The Bertz CT molecular complexity index is 686. The molecule has 3 N–H and O–H groups in total. The van der Waals surface area contributed by atoms with Crippen molar-refractivity contribution in [3.8, 4) is 0 Å². The van der Waals surface area contributed by atoms with Crippen molar-refractivity contribution in [3.05, 3.63) is 34.9 Å². The van der Waals surface area contributed by atoms with Crippen LogP contribution >= 0.6 is 23.4 Å². The first-order valence-corrected chi connectivity index (χ1v) is 8.34. The third-order valence-corrected chi connectivity index (χ3v) is 4.49. The Morgan fingerprint density at radius 3 is 3.00 bits per heavy atom. The zero-order valence-electron chi connectivity index (χ0n) is 11.8. The van der Waals surface area contributed by atoms with Crippen LogP contribution in [0.25, 0.3) is 0 Å². The van der Waals surface area contributed by atoms with Gasteiger partial charge < -0.3 is 11.1 Å². The molecule has 0 unspecified atom stereocenters. The molecule has 1 heterocycles. The molecule has 1 aromatic heterocycles. The van der Waals surface area contributed by atoms with Crippen molar-refractivity contribution in [1.82, 2.24) is 20.1 Å². The number of nitrogen functional groups attached to an aromatic ring is 1. The van der Waals surface area contributed by atoms with E-state index in [1.54, 1.807) is 6.07 Å². The van der Waals surface area contributed by atoms with Gasteiger partial charge in [0.1, 0.15) is 0 Å². The van der Waals surface area contributed by atoms with Crippen LogP contribution in [0, 0.1) is 0 Å². The van der Waals surface area contributed by atoms with Crippen LogP contribution in [-0.4, -0.2) is 26.4 Å². The van der Waals surface area contributed by atoms with Gasteiger partial charge >= 0.3 is 0 Å². The van der Waals surface area contributed by atoms with E-state index in [0.29, 0.717) is 28.7 Å². The van der Waals surface area contributed by atoms with Crippen LogP contribution in [0.1, 0.15) is 24.4 Å². The lowest BCUT2D eigenvalue weighted by Crippen LogP contribution is -2.24. The first-order chi connectivity index (χ1) is 10.6. The SMILES string of the molecule is Nc1nnc(SCC(=O)NCc2cccc(Cl)c2)n1C1CC1. The number of carbonyl (C=O) groups is 1. The van der Waals surface area contributed by atoms with Crippen LogP contribution in [0.15, 0.2) is 29.4 Å². The van der Waals surface area contributed by atoms with Crippen LogP contribution in [0.4, 0.5) is 5.95 Å². The number of nitrogens with two attached hydrogens (primary N) is 1. The summed E-state index contributed by atoms with van der Waals surface area (Å²) in [6, 6.07) is 7.81. The maximum absolute atomic E-state index is 11.9. The van der Waals surface area contributed by atoms with Crippen LogP contribution in [0.3, 0.4) is 0 Å². The van der Waals surface area contributed by atoms with Crippen molar-refractivity contribution in [3.63, 3.8) is 0 Å². The summed E-state index contributed by atoms with van der Waals surface area (Å²) >= 11 is 7.26. The first-order valence-electron chi connectivity index (χ1n) is 6.98. The second-order valence-electron chi connectivity index (χ2n) is 5.14. The Balaban J connectivity index is 1.50. The zero-order valence-corrected chi connectivity index (χ0v) is 13.4. The number of thioether (sulfide) groups is 1. The fourth-order valence-electron chi connectivity index (χ4n) is 2.09. The Kier molecular flexibility index (Phi) is 4.54. The van der Waals surface area contributed by atoms with E-state index < -0.39 is 0 Å². The molecule has 0 atom stereocenters. The fourth-order valence-corrected chi connectivity index (χ4v) is 3.15. The number of nitrogens with zero attached hydrogens (tertiary/aromatic N) is 3.